The minimum atomic E-state index is -0.778. The molecule has 0 saturated heterocycles. The second-order valence-electron chi connectivity index (χ2n) is 17.2. The summed E-state index contributed by atoms with van der Waals surface area (Å²) < 4.78 is 5.90. The van der Waals surface area contributed by atoms with E-state index >= 15 is 0 Å². The molecule has 0 bridgehead atoms. The first-order valence-corrected chi connectivity index (χ1v) is 24.8. The molecule has 1 amide bonds. The Morgan fingerprint density at radius 1 is 0.455 bits per heavy atom. The van der Waals surface area contributed by atoms with Crippen molar-refractivity contribution in [3.05, 3.63) is 0 Å². The number of amides is 1. The third-order valence-electron chi connectivity index (χ3n) is 11.7. The largest absolute Gasteiger partial charge is 0.462 e. The summed E-state index contributed by atoms with van der Waals surface area (Å²) in [7, 11) is 0. The van der Waals surface area contributed by atoms with E-state index in [1.54, 1.807) is 0 Å². The van der Waals surface area contributed by atoms with Crippen LogP contribution in [-0.4, -0.2) is 46.9 Å². The lowest BCUT2D eigenvalue weighted by atomic mass is 10.0. The molecule has 3 unspecified atom stereocenters. The Morgan fingerprint density at radius 3 is 1.11 bits per heavy atom. The van der Waals surface area contributed by atoms with Crippen LogP contribution >= 0.6 is 0 Å². The normalized spacial score (nSPS) is 13.2. The summed E-state index contributed by atoms with van der Waals surface area (Å²) in [5, 5.41) is 23.7. The Balaban J connectivity index is 4.36. The van der Waals surface area contributed by atoms with E-state index in [9.17, 15) is 19.8 Å². The molecule has 55 heavy (non-hydrogen) atoms. The van der Waals surface area contributed by atoms with Crippen LogP contribution in [0.15, 0.2) is 0 Å². The van der Waals surface area contributed by atoms with E-state index in [-0.39, 0.29) is 24.9 Å². The standard InChI is InChI=1S/C49H97NO5/c1-4-7-10-13-16-19-21-23-24-25-26-27-29-32-35-38-41-47(52)46(44-51)50-48(53)43-45(40-37-34-31-18-15-12-9-6-3)55-49(54)42-39-36-33-30-28-22-20-17-14-11-8-5-2/h45-47,51-52H,4-44H2,1-3H3,(H,50,53). The number of rotatable bonds is 45. The summed E-state index contributed by atoms with van der Waals surface area (Å²) >= 11 is 0. The molecule has 0 aliphatic rings. The number of hydrogen-bond acceptors (Lipinski definition) is 5. The number of nitrogens with one attached hydrogen (secondary N) is 1. The van der Waals surface area contributed by atoms with Gasteiger partial charge in [-0.1, -0.05) is 239 Å². The topological polar surface area (TPSA) is 95.9 Å². The fourth-order valence-electron chi connectivity index (χ4n) is 7.90. The molecule has 6 nitrogen and oxygen atoms in total. The molecule has 0 spiro atoms. The third kappa shape index (κ3) is 39.5. The highest BCUT2D eigenvalue weighted by atomic mass is 16.5. The van der Waals surface area contributed by atoms with Crippen molar-refractivity contribution in [3.8, 4) is 0 Å². The molecule has 328 valence electrons. The van der Waals surface area contributed by atoms with Crippen LogP contribution in [0, 0.1) is 0 Å². The van der Waals surface area contributed by atoms with Gasteiger partial charge in [-0.3, -0.25) is 9.59 Å². The van der Waals surface area contributed by atoms with Crippen LogP contribution in [0.3, 0.4) is 0 Å². The summed E-state index contributed by atoms with van der Waals surface area (Å²) in [6.45, 7) is 6.48. The maximum absolute atomic E-state index is 13.1. The fraction of sp³-hybridized carbons (Fsp3) is 0.959. The molecular formula is C49H97NO5. The number of esters is 1. The number of carbonyl (C=O) groups excluding carboxylic acids is 2. The Labute approximate surface area is 343 Å². The van der Waals surface area contributed by atoms with Gasteiger partial charge in [-0.15, -0.1) is 0 Å². The first-order chi connectivity index (χ1) is 27.0. The van der Waals surface area contributed by atoms with Gasteiger partial charge in [-0.2, -0.15) is 0 Å². The number of hydrogen-bond donors (Lipinski definition) is 3. The van der Waals surface area contributed by atoms with E-state index < -0.39 is 18.2 Å². The molecule has 0 radical (unpaired) electrons. The van der Waals surface area contributed by atoms with Crippen LogP contribution in [0.1, 0.15) is 278 Å². The Hall–Kier alpha value is -1.14. The molecule has 0 aromatic rings. The van der Waals surface area contributed by atoms with Gasteiger partial charge in [0.1, 0.15) is 6.10 Å². The number of unbranched alkanes of at least 4 members (excludes halogenated alkanes) is 33. The van der Waals surface area contributed by atoms with Crippen LogP contribution in [0.5, 0.6) is 0 Å². The van der Waals surface area contributed by atoms with E-state index in [0.717, 1.165) is 44.9 Å². The minimum absolute atomic E-state index is 0.0863. The summed E-state index contributed by atoms with van der Waals surface area (Å²) in [5.74, 6) is -0.459. The average Bonchev–Trinajstić information content (AvgIpc) is 3.18. The monoisotopic (exact) mass is 780 g/mol. The second-order valence-corrected chi connectivity index (χ2v) is 17.2. The Bertz CT molecular complexity index is 791. The minimum Gasteiger partial charge on any atom is -0.462 e. The Kier molecular flexibility index (Phi) is 43.1. The Morgan fingerprint density at radius 2 is 0.764 bits per heavy atom. The second kappa shape index (κ2) is 44.0. The first kappa shape index (κ1) is 53.9. The van der Waals surface area contributed by atoms with Crippen molar-refractivity contribution < 1.29 is 24.5 Å². The average molecular weight is 780 g/mol. The van der Waals surface area contributed by atoms with E-state index in [1.165, 1.54) is 186 Å². The van der Waals surface area contributed by atoms with Crippen LogP contribution in [-0.2, 0) is 14.3 Å². The van der Waals surface area contributed by atoms with Crippen molar-refractivity contribution >= 4 is 11.9 Å². The summed E-state index contributed by atoms with van der Waals surface area (Å²) in [5.41, 5.74) is 0. The quantitative estimate of drug-likeness (QED) is 0.0422. The van der Waals surface area contributed by atoms with Crippen molar-refractivity contribution in [2.75, 3.05) is 6.61 Å². The fourth-order valence-corrected chi connectivity index (χ4v) is 7.90. The lowest BCUT2D eigenvalue weighted by Gasteiger charge is -2.24. The highest BCUT2D eigenvalue weighted by molar-refractivity contribution is 5.77. The van der Waals surface area contributed by atoms with Gasteiger partial charge in [0.2, 0.25) is 5.91 Å². The number of ether oxygens (including phenoxy) is 1. The zero-order valence-corrected chi connectivity index (χ0v) is 37.3. The van der Waals surface area contributed by atoms with Crippen molar-refractivity contribution in [1.82, 2.24) is 5.32 Å². The summed E-state index contributed by atoms with van der Waals surface area (Å²) in [6, 6.07) is -0.690. The number of aliphatic hydroxyl groups is 2. The molecular weight excluding hydrogens is 683 g/mol. The predicted molar refractivity (Wildman–Crippen MR) is 237 cm³/mol. The molecule has 3 N–H and O–H groups in total. The molecule has 6 heteroatoms. The maximum Gasteiger partial charge on any atom is 0.306 e. The van der Waals surface area contributed by atoms with Gasteiger partial charge < -0.3 is 20.3 Å². The number of aliphatic hydroxyl groups excluding tert-OH is 2. The molecule has 0 aliphatic carbocycles. The van der Waals surface area contributed by atoms with Crippen LogP contribution in [0.4, 0.5) is 0 Å². The van der Waals surface area contributed by atoms with Crippen molar-refractivity contribution in [2.45, 2.75) is 296 Å². The molecule has 0 aromatic heterocycles. The van der Waals surface area contributed by atoms with E-state index in [1.807, 2.05) is 0 Å². The van der Waals surface area contributed by atoms with Gasteiger partial charge >= 0.3 is 5.97 Å². The third-order valence-corrected chi connectivity index (χ3v) is 11.7. The van der Waals surface area contributed by atoms with Crippen molar-refractivity contribution in [2.24, 2.45) is 0 Å². The van der Waals surface area contributed by atoms with Crippen molar-refractivity contribution in [3.63, 3.8) is 0 Å². The lowest BCUT2D eigenvalue weighted by Crippen LogP contribution is -2.46. The molecule has 0 aliphatic heterocycles. The number of carbonyl (C=O) groups is 2. The maximum atomic E-state index is 13.1. The first-order valence-electron chi connectivity index (χ1n) is 24.8. The zero-order valence-electron chi connectivity index (χ0n) is 37.3. The summed E-state index contributed by atoms with van der Waals surface area (Å²) in [4.78, 5) is 25.9. The van der Waals surface area contributed by atoms with Gasteiger partial charge in [0.25, 0.3) is 0 Å². The molecule has 0 aromatic carbocycles. The van der Waals surface area contributed by atoms with E-state index in [4.69, 9.17) is 4.74 Å². The van der Waals surface area contributed by atoms with Gasteiger partial charge in [0.05, 0.1) is 25.2 Å². The predicted octanol–water partition coefficient (Wildman–Crippen LogP) is 14.4. The summed E-state index contributed by atoms with van der Waals surface area (Å²) in [6.07, 6.45) is 46.0. The van der Waals surface area contributed by atoms with Gasteiger partial charge in [0.15, 0.2) is 0 Å². The highest BCUT2D eigenvalue weighted by Crippen LogP contribution is 2.18. The van der Waals surface area contributed by atoms with Crippen LogP contribution in [0.25, 0.3) is 0 Å². The smallest absolute Gasteiger partial charge is 0.306 e. The van der Waals surface area contributed by atoms with Gasteiger partial charge in [-0.25, -0.2) is 0 Å². The zero-order chi connectivity index (χ0) is 40.3. The lowest BCUT2D eigenvalue weighted by molar-refractivity contribution is -0.151. The van der Waals surface area contributed by atoms with E-state index in [0.29, 0.717) is 19.3 Å². The molecule has 0 heterocycles. The van der Waals surface area contributed by atoms with Gasteiger partial charge in [0, 0.05) is 6.42 Å². The molecule has 0 rings (SSSR count). The molecule has 0 saturated carbocycles. The van der Waals surface area contributed by atoms with Crippen LogP contribution in [0.2, 0.25) is 0 Å². The molecule has 0 fully saturated rings. The van der Waals surface area contributed by atoms with Crippen molar-refractivity contribution in [1.29, 1.82) is 0 Å². The molecule has 3 atom stereocenters. The van der Waals surface area contributed by atoms with Crippen LogP contribution < -0.4 is 5.32 Å². The SMILES string of the molecule is CCCCCCCCCCCCCCCCCCC(O)C(CO)NC(=O)CC(CCCCCCCCCC)OC(=O)CCCCCCCCCCCCCC. The van der Waals surface area contributed by atoms with E-state index in [2.05, 4.69) is 26.1 Å². The van der Waals surface area contributed by atoms with Gasteiger partial charge in [-0.05, 0) is 25.7 Å². The highest BCUT2D eigenvalue weighted by Gasteiger charge is 2.24.